The average molecular weight is 235 g/mol. The zero-order chi connectivity index (χ0) is 12.5. The van der Waals surface area contributed by atoms with Gasteiger partial charge in [0.2, 0.25) is 0 Å². The Bertz CT molecular complexity index is 321. The van der Waals surface area contributed by atoms with E-state index in [4.69, 9.17) is 4.74 Å². The van der Waals surface area contributed by atoms with Gasteiger partial charge in [-0.2, -0.15) is 0 Å². The number of hydrogen-bond acceptors (Lipinski definition) is 3. The highest BCUT2D eigenvalue weighted by Gasteiger charge is 2.04. The third kappa shape index (κ3) is 4.57. The number of ether oxygens (including phenoxy) is 1. The van der Waals surface area contributed by atoms with Crippen molar-refractivity contribution in [2.45, 2.75) is 20.3 Å². The highest BCUT2D eigenvalue weighted by molar-refractivity contribution is 5.75. The first kappa shape index (κ1) is 13.7. The van der Waals surface area contributed by atoms with Crippen molar-refractivity contribution in [2.24, 2.45) is 0 Å². The number of hydrogen-bond donors (Lipinski definition) is 0. The maximum absolute atomic E-state index is 10.6. The first-order valence-electron chi connectivity index (χ1n) is 6.19. The van der Waals surface area contributed by atoms with Gasteiger partial charge < -0.3 is 9.64 Å². The van der Waals surface area contributed by atoms with Crippen LogP contribution in [-0.4, -0.2) is 32.6 Å². The minimum absolute atomic E-state index is 0.718. The van der Waals surface area contributed by atoms with Crippen LogP contribution in [-0.2, 0) is 4.74 Å². The Morgan fingerprint density at radius 2 is 1.88 bits per heavy atom. The molecule has 0 atom stereocenters. The molecular formula is C14H21NO2. The van der Waals surface area contributed by atoms with E-state index in [1.165, 1.54) is 0 Å². The average Bonchev–Trinajstić information content (AvgIpc) is 2.38. The zero-order valence-electron chi connectivity index (χ0n) is 10.7. The monoisotopic (exact) mass is 235 g/mol. The minimum Gasteiger partial charge on any atom is -0.380 e. The molecule has 3 nitrogen and oxygen atoms in total. The van der Waals surface area contributed by atoms with E-state index in [0.29, 0.717) is 0 Å². The van der Waals surface area contributed by atoms with Gasteiger partial charge >= 0.3 is 0 Å². The summed E-state index contributed by atoms with van der Waals surface area (Å²) in [5, 5.41) is 0. The Kier molecular flexibility index (Phi) is 6.33. The summed E-state index contributed by atoms with van der Waals surface area (Å²) in [6, 6.07) is 7.69. The van der Waals surface area contributed by atoms with Gasteiger partial charge in [0.05, 0.1) is 6.61 Å². The van der Waals surface area contributed by atoms with Crippen molar-refractivity contribution in [1.29, 1.82) is 0 Å². The van der Waals surface area contributed by atoms with Crippen molar-refractivity contribution >= 4 is 12.0 Å². The van der Waals surface area contributed by atoms with Crippen molar-refractivity contribution in [3.63, 3.8) is 0 Å². The summed E-state index contributed by atoms with van der Waals surface area (Å²) in [5.41, 5.74) is 1.87. The standard InChI is InChI=1S/C14H21NO2/c1-3-9-15(10-11-17-4-2)14-7-5-13(12-16)6-8-14/h5-8,12H,3-4,9-11H2,1-2H3. The summed E-state index contributed by atoms with van der Waals surface area (Å²) in [4.78, 5) is 12.9. The van der Waals surface area contributed by atoms with Gasteiger partial charge in [0.25, 0.3) is 0 Å². The van der Waals surface area contributed by atoms with Crippen LogP contribution in [0.2, 0.25) is 0 Å². The lowest BCUT2D eigenvalue weighted by atomic mass is 10.2. The predicted octanol–water partition coefficient (Wildman–Crippen LogP) is 2.75. The van der Waals surface area contributed by atoms with Crippen LogP contribution >= 0.6 is 0 Å². The molecule has 0 N–H and O–H groups in total. The molecule has 0 unspecified atom stereocenters. The third-order valence-electron chi connectivity index (χ3n) is 2.60. The van der Waals surface area contributed by atoms with Gasteiger partial charge in [0, 0.05) is 30.9 Å². The molecule has 1 aromatic rings. The maximum atomic E-state index is 10.6. The number of rotatable bonds is 8. The summed E-state index contributed by atoms with van der Waals surface area (Å²) in [6.45, 7) is 7.56. The molecular weight excluding hydrogens is 214 g/mol. The maximum Gasteiger partial charge on any atom is 0.150 e. The number of nitrogens with zero attached hydrogens (tertiary/aromatic N) is 1. The number of aldehydes is 1. The minimum atomic E-state index is 0.718. The fourth-order valence-electron chi connectivity index (χ4n) is 1.72. The molecule has 0 aliphatic rings. The summed E-state index contributed by atoms with van der Waals surface area (Å²) in [7, 11) is 0. The molecule has 1 rings (SSSR count). The van der Waals surface area contributed by atoms with Gasteiger partial charge in [-0.1, -0.05) is 6.92 Å². The lowest BCUT2D eigenvalue weighted by Crippen LogP contribution is -2.28. The lowest BCUT2D eigenvalue weighted by molar-refractivity contribution is 0.112. The van der Waals surface area contributed by atoms with E-state index in [-0.39, 0.29) is 0 Å². The quantitative estimate of drug-likeness (QED) is 0.512. The summed E-state index contributed by atoms with van der Waals surface area (Å²) < 4.78 is 5.38. The number of carbonyl (C=O) groups is 1. The molecule has 0 amide bonds. The van der Waals surface area contributed by atoms with Crippen molar-refractivity contribution in [1.82, 2.24) is 0 Å². The zero-order valence-corrected chi connectivity index (χ0v) is 10.7. The fraction of sp³-hybridized carbons (Fsp3) is 0.500. The summed E-state index contributed by atoms with van der Waals surface area (Å²) in [6.07, 6.45) is 1.97. The van der Waals surface area contributed by atoms with Gasteiger partial charge in [0.15, 0.2) is 0 Å². The molecule has 0 spiro atoms. The molecule has 17 heavy (non-hydrogen) atoms. The third-order valence-corrected chi connectivity index (χ3v) is 2.60. The van der Waals surface area contributed by atoms with E-state index in [1.807, 2.05) is 31.2 Å². The van der Waals surface area contributed by atoms with Gasteiger partial charge in [-0.3, -0.25) is 4.79 Å². The van der Waals surface area contributed by atoms with E-state index in [1.54, 1.807) is 0 Å². The van der Waals surface area contributed by atoms with Crippen LogP contribution < -0.4 is 4.90 Å². The number of carbonyl (C=O) groups excluding carboxylic acids is 1. The molecule has 0 saturated heterocycles. The Morgan fingerprint density at radius 3 is 2.41 bits per heavy atom. The van der Waals surface area contributed by atoms with Crippen LogP contribution in [0.25, 0.3) is 0 Å². The van der Waals surface area contributed by atoms with Crippen molar-refractivity contribution in [2.75, 3.05) is 31.2 Å². The van der Waals surface area contributed by atoms with Crippen LogP contribution in [0.3, 0.4) is 0 Å². The highest BCUT2D eigenvalue weighted by Crippen LogP contribution is 2.14. The molecule has 0 saturated carbocycles. The van der Waals surface area contributed by atoms with Crippen molar-refractivity contribution in [3.8, 4) is 0 Å². The second-order valence-electron chi connectivity index (χ2n) is 3.89. The highest BCUT2D eigenvalue weighted by atomic mass is 16.5. The van der Waals surface area contributed by atoms with Crippen LogP contribution in [0.5, 0.6) is 0 Å². The molecule has 0 radical (unpaired) electrons. The fourth-order valence-corrected chi connectivity index (χ4v) is 1.72. The van der Waals surface area contributed by atoms with E-state index in [0.717, 1.165) is 50.3 Å². The Balaban J connectivity index is 2.63. The van der Waals surface area contributed by atoms with Crippen LogP contribution in [0.4, 0.5) is 5.69 Å². The number of anilines is 1. The molecule has 0 fully saturated rings. The van der Waals surface area contributed by atoms with Gasteiger partial charge in [-0.25, -0.2) is 0 Å². The predicted molar refractivity (Wildman–Crippen MR) is 70.8 cm³/mol. The molecule has 0 bridgehead atoms. The second kappa shape index (κ2) is 7.85. The topological polar surface area (TPSA) is 29.5 Å². The molecule has 1 aromatic carbocycles. The van der Waals surface area contributed by atoms with Gasteiger partial charge in [-0.15, -0.1) is 0 Å². The summed E-state index contributed by atoms with van der Waals surface area (Å²) >= 11 is 0. The van der Waals surface area contributed by atoms with Gasteiger partial charge in [0.1, 0.15) is 6.29 Å². The van der Waals surface area contributed by atoms with E-state index in [2.05, 4.69) is 11.8 Å². The lowest BCUT2D eigenvalue weighted by Gasteiger charge is -2.24. The largest absolute Gasteiger partial charge is 0.380 e. The first-order chi connectivity index (χ1) is 8.31. The van der Waals surface area contributed by atoms with Crippen LogP contribution in [0.15, 0.2) is 24.3 Å². The van der Waals surface area contributed by atoms with Crippen LogP contribution in [0.1, 0.15) is 30.6 Å². The van der Waals surface area contributed by atoms with E-state index >= 15 is 0 Å². The first-order valence-corrected chi connectivity index (χ1v) is 6.19. The molecule has 0 aliphatic carbocycles. The Hall–Kier alpha value is -1.35. The second-order valence-corrected chi connectivity index (χ2v) is 3.89. The van der Waals surface area contributed by atoms with Crippen molar-refractivity contribution < 1.29 is 9.53 Å². The smallest absolute Gasteiger partial charge is 0.150 e. The molecule has 0 heterocycles. The van der Waals surface area contributed by atoms with Gasteiger partial charge in [-0.05, 0) is 37.6 Å². The summed E-state index contributed by atoms with van der Waals surface area (Å²) in [5.74, 6) is 0. The molecule has 3 heteroatoms. The Morgan fingerprint density at radius 1 is 1.18 bits per heavy atom. The Labute approximate surface area is 103 Å². The van der Waals surface area contributed by atoms with E-state index < -0.39 is 0 Å². The van der Waals surface area contributed by atoms with E-state index in [9.17, 15) is 4.79 Å². The normalized spacial score (nSPS) is 10.2. The van der Waals surface area contributed by atoms with Crippen LogP contribution in [0, 0.1) is 0 Å². The molecule has 0 aliphatic heterocycles. The molecule has 94 valence electrons. The SMILES string of the molecule is CCCN(CCOCC)c1ccc(C=O)cc1. The molecule has 0 aromatic heterocycles. The number of benzene rings is 1. The van der Waals surface area contributed by atoms with Crippen molar-refractivity contribution in [3.05, 3.63) is 29.8 Å².